The largest absolute Gasteiger partial charge is 0.338 e. The first-order valence-electron chi connectivity index (χ1n) is 7.76. The molecule has 2 aromatic carbocycles. The lowest BCUT2D eigenvalue weighted by Crippen LogP contribution is -2.47. The highest BCUT2D eigenvalue weighted by atomic mass is 35.5. The average molecular weight is 364 g/mol. The number of rotatable bonds is 2. The summed E-state index contributed by atoms with van der Waals surface area (Å²) in [5.74, 6) is -1.65. The topological polar surface area (TPSA) is 38.8 Å². The number of benzene rings is 2. The fourth-order valence-electron chi connectivity index (χ4n) is 3.21. The molecule has 0 unspecified atom stereocenters. The molecule has 4 rings (SSSR count). The molecule has 0 aromatic heterocycles. The molecule has 24 heavy (non-hydrogen) atoms. The fraction of sp³-hybridized carbons (Fsp3) is 0.278. The summed E-state index contributed by atoms with van der Waals surface area (Å²) < 4.78 is 11.6. The minimum atomic E-state index is -1.39. The van der Waals surface area contributed by atoms with Crippen LogP contribution in [0.4, 0.5) is 5.69 Å². The summed E-state index contributed by atoms with van der Waals surface area (Å²) in [4.78, 5) is 14.8. The number of halogens is 2. The van der Waals surface area contributed by atoms with Crippen molar-refractivity contribution in [3.05, 3.63) is 63.6 Å². The third kappa shape index (κ3) is 2.33. The predicted octanol–water partition coefficient (Wildman–Crippen LogP) is 4.13. The molecule has 4 nitrogen and oxygen atoms in total. The van der Waals surface area contributed by atoms with Gasteiger partial charge in [-0.25, -0.2) is 0 Å². The number of hydrogen-bond acceptors (Lipinski definition) is 3. The van der Waals surface area contributed by atoms with Gasteiger partial charge < -0.3 is 14.4 Å². The first-order chi connectivity index (χ1) is 11.6. The molecule has 1 fully saturated rings. The van der Waals surface area contributed by atoms with E-state index in [9.17, 15) is 4.79 Å². The van der Waals surface area contributed by atoms with Crippen LogP contribution in [0.25, 0.3) is 0 Å². The maximum Gasteiger partial charge on any atom is 0.292 e. The van der Waals surface area contributed by atoms with Gasteiger partial charge in [-0.1, -0.05) is 53.5 Å². The van der Waals surface area contributed by atoms with E-state index in [0.717, 1.165) is 12.0 Å². The zero-order valence-corrected chi connectivity index (χ0v) is 14.3. The van der Waals surface area contributed by atoms with Gasteiger partial charge in [0.15, 0.2) is 0 Å². The molecule has 0 N–H and O–H groups in total. The number of amides is 1. The number of carbonyl (C=O) groups excluding carboxylic acids is 1. The normalized spacial score (nSPS) is 18.9. The molecule has 6 heteroatoms. The van der Waals surface area contributed by atoms with Gasteiger partial charge in [-0.3, -0.25) is 4.79 Å². The lowest BCUT2D eigenvalue weighted by Gasteiger charge is -2.32. The summed E-state index contributed by atoms with van der Waals surface area (Å²) >= 11 is 12.7. The van der Waals surface area contributed by atoms with Crippen LogP contribution in [0.5, 0.6) is 0 Å². The highest BCUT2D eigenvalue weighted by molar-refractivity contribution is 6.35. The zero-order chi connectivity index (χ0) is 16.7. The molecule has 124 valence electrons. The van der Waals surface area contributed by atoms with Gasteiger partial charge >= 0.3 is 0 Å². The molecule has 2 aliphatic heterocycles. The Labute approximate surface area is 149 Å². The second-order valence-electron chi connectivity index (χ2n) is 5.79. The van der Waals surface area contributed by atoms with Crippen molar-refractivity contribution in [2.45, 2.75) is 18.8 Å². The van der Waals surface area contributed by atoms with Crippen molar-refractivity contribution in [1.29, 1.82) is 0 Å². The van der Waals surface area contributed by atoms with Gasteiger partial charge in [0.05, 0.1) is 30.5 Å². The van der Waals surface area contributed by atoms with E-state index >= 15 is 0 Å². The number of anilines is 1. The Hall–Kier alpha value is -1.59. The summed E-state index contributed by atoms with van der Waals surface area (Å²) in [5.41, 5.74) is 2.13. The molecule has 1 saturated heterocycles. The van der Waals surface area contributed by atoms with Gasteiger partial charge in [-0.15, -0.1) is 0 Å². The average Bonchev–Trinajstić information content (AvgIpc) is 2.82. The number of para-hydroxylation sites is 1. The van der Waals surface area contributed by atoms with Gasteiger partial charge in [0.2, 0.25) is 0 Å². The van der Waals surface area contributed by atoms with Gasteiger partial charge in [-0.05, 0) is 24.1 Å². The van der Waals surface area contributed by atoms with Crippen molar-refractivity contribution in [1.82, 2.24) is 0 Å². The van der Waals surface area contributed by atoms with E-state index in [-0.39, 0.29) is 5.91 Å². The van der Waals surface area contributed by atoms with Crippen molar-refractivity contribution in [2.24, 2.45) is 0 Å². The Morgan fingerprint density at radius 2 is 1.71 bits per heavy atom. The second kappa shape index (κ2) is 6.05. The third-order valence-electron chi connectivity index (χ3n) is 4.32. The molecule has 2 heterocycles. The monoisotopic (exact) mass is 363 g/mol. The second-order valence-corrected chi connectivity index (χ2v) is 6.60. The third-order valence-corrected chi connectivity index (χ3v) is 5.00. The highest BCUT2D eigenvalue weighted by Crippen LogP contribution is 2.48. The number of ether oxygens (including phenoxy) is 2. The van der Waals surface area contributed by atoms with Crippen molar-refractivity contribution in [2.75, 3.05) is 18.1 Å². The molecular formula is C18H15Cl2NO3. The molecule has 0 bridgehead atoms. The van der Waals surface area contributed by atoms with Gasteiger partial charge in [0, 0.05) is 10.6 Å². The molecule has 0 saturated carbocycles. The SMILES string of the molecule is O=C1N(Cc2ccccc2Cl)c2c(Cl)cccc2C12OCCCO2. The first kappa shape index (κ1) is 15.9. The Bertz CT molecular complexity index is 803. The molecular weight excluding hydrogens is 349 g/mol. The summed E-state index contributed by atoms with van der Waals surface area (Å²) in [6.45, 7) is 1.25. The number of fused-ring (bicyclic) bond motifs is 2. The van der Waals surface area contributed by atoms with E-state index in [1.165, 1.54) is 0 Å². The number of nitrogens with zero attached hydrogens (tertiary/aromatic N) is 1. The summed E-state index contributed by atoms with van der Waals surface area (Å²) in [6.07, 6.45) is 0.759. The summed E-state index contributed by atoms with van der Waals surface area (Å²) in [6, 6.07) is 12.8. The van der Waals surface area contributed by atoms with Crippen LogP contribution < -0.4 is 4.90 Å². The predicted molar refractivity (Wildman–Crippen MR) is 92.3 cm³/mol. The molecule has 1 amide bonds. The molecule has 1 spiro atoms. The van der Waals surface area contributed by atoms with Crippen molar-refractivity contribution in [3.63, 3.8) is 0 Å². The van der Waals surface area contributed by atoms with Crippen LogP contribution in [0, 0.1) is 0 Å². The zero-order valence-electron chi connectivity index (χ0n) is 12.8. The van der Waals surface area contributed by atoms with Crippen molar-refractivity contribution >= 4 is 34.8 Å². The Morgan fingerprint density at radius 1 is 1.00 bits per heavy atom. The highest BCUT2D eigenvalue weighted by Gasteiger charge is 2.55. The maximum absolute atomic E-state index is 13.2. The molecule has 0 radical (unpaired) electrons. The van der Waals surface area contributed by atoms with E-state index in [2.05, 4.69) is 0 Å². The van der Waals surface area contributed by atoms with Crippen LogP contribution in [-0.4, -0.2) is 19.1 Å². The van der Waals surface area contributed by atoms with Gasteiger partial charge in [0.25, 0.3) is 11.7 Å². The minimum Gasteiger partial charge on any atom is -0.338 e. The smallest absolute Gasteiger partial charge is 0.292 e. The van der Waals surface area contributed by atoms with Crippen LogP contribution in [0.15, 0.2) is 42.5 Å². The Kier molecular flexibility index (Phi) is 4.01. The van der Waals surface area contributed by atoms with E-state index in [4.69, 9.17) is 32.7 Å². The van der Waals surface area contributed by atoms with Crippen LogP contribution >= 0.6 is 23.2 Å². The van der Waals surface area contributed by atoms with Gasteiger partial charge in [0.1, 0.15) is 0 Å². The lowest BCUT2D eigenvalue weighted by molar-refractivity contribution is -0.256. The minimum absolute atomic E-state index is 0.259. The Morgan fingerprint density at radius 3 is 2.46 bits per heavy atom. The summed E-state index contributed by atoms with van der Waals surface area (Å²) in [5, 5.41) is 1.09. The van der Waals surface area contributed by atoms with E-state index in [0.29, 0.717) is 41.1 Å². The quantitative estimate of drug-likeness (QED) is 0.804. The molecule has 2 aliphatic rings. The van der Waals surface area contributed by atoms with Crippen molar-refractivity contribution < 1.29 is 14.3 Å². The van der Waals surface area contributed by atoms with E-state index in [1.807, 2.05) is 24.3 Å². The first-order valence-corrected chi connectivity index (χ1v) is 8.51. The van der Waals surface area contributed by atoms with Crippen LogP contribution in [0.2, 0.25) is 10.0 Å². The van der Waals surface area contributed by atoms with Crippen LogP contribution in [-0.2, 0) is 26.6 Å². The van der Waals surface area contributed by atoms with E-state index in [1.54, 1.807) is 23.1 Å². The molecule has 0 aliphatic carbocycles. The Balaban J connectivity index is 1.81. The number of carbonyl (C=O) groups is 1. The van der Waals surface area contributed by atoms with Crippen molar-refractivity contribution in [3.8, 4) is 0 Å². The standard InChI is InChI=1S/C18H15Cl2NO3/c19-14-7-2-1-5-12(14)11-21-16-13(6-3-8-15(16)20)18(17(21)22)23-9-4-10-24-18/h1-3,5-8H,4,9-11H2. The summed E-state index contributed by atoms with van der Waals surface area (Å²) in [7, 11) is 0. The van der Waals surface area contributed by atoms with Gasteiger partial charge in [-0.2, -0.15) is 0 Å². The lowest BCUT2D eigenvalue weighted by atomic mass is 10.1. The van der Waals surface area contributed by atoms with E-state index < -0.39 is 5.79 Å². The fourth-order valence-corrected chi connectivity index (χ4v) is 3.68. The molecule has 2 aromatic rings. The van der Waals surface area contributed by atoms with Crippen LogP contribution in [0.1, 0.15) is 17.5 Å². The maximum atomic E-state index is 13.2. The van der Waals surface area contributed by atoms with Crippen LogP contribution in [0.3, 0.4) is 0 Å². The molecule has 0 atom stereocenters. The number of hydrogen-bond donors (Lipinski definition) is 0.